The summed E-state index contributed by atoms with van der Waals surface area (Å²) in [5, 5.41) is 7.76. The van der Waals surface area contributed by atoms with E-state index in [4.69, 9.17) is 5.10 Å². The maximum Gasteiger partial charge on any atom is 0.256 e. The number of aromatic nitrogens is 2. The van der Waals surface area contributed by atoms with E-state index in [1.165, 1.54) is 16.4 Å². The summed E-state index contributed by atoms with van der Waals surface area (Å²) in [6, 6.07) is 14.2. The number of nitrogens with zero attached hydrogens (tertiary/aromatic N) is 3. The molecule has 0 atom stereocenters. The Bertz CT molecular complexity index is 1280. The van der Waals surface area contributed by atoms with Gasteiger partial charge in [0.15, 0.2) is 0 Å². The minimum atomic E-state index is -3.50. The van der Waals surface area contributed by atoms with Crippen LogP contribution in [0.25, 0.3) is 5.69 Å². The average Bonchev–Trinajstić information content (AvgIpc) is 3.53. The molecule has 1 amide bonds. The fourth-order valence-electron chi connectivity index (χ4n) is 4.12. The number of carbonyl (C=O) groups excluding carboxylic acids is 1. The molecule has 0 radical (unpaired) electrons. The summed E-state index contributed by atoms with van der Waals surface area (Å²) < 4.78 is 28.8. The van der Waals surface area contributed by atoms with Crippen LogP contribution in [0.4, 0.5) is 5.82 Å². The zero-order valence-corrected chi connectivity index (χ0v) is 19.4. The number of nitrogens with one attached hydrogen (secondary N) is 1. The fourth-order valence-corrected chi connectivity index (χ4v) is 6.68. The molecular weight excluding hydrogens is 444 g/mol. The molecule has 7 nitrogen and oxygen atoms in total. The standard InChI is InChI=1S/C23H24N4O3S2/c1-16-5-4-6-18(13-16)27-22(20-14-31-15-21(20)25-27)24-23(28)17-7-9-19(10-8-17)32(29,30)26-11-2-3-12-26/h4-10,13H,2-3,11-12,14-15H2,1H3,(H,24,28). The lowest BCUT2D eigenvalue weighted by Gasteiger charge is -2.15. The minimum Gasteiger partial charge on any atom is -0.306 e. The Morgan fingerprint density at radius 2 is 1.81 bits per heavy atom. The third-order valence-electron chi connectivity index (χ3n) is 5.85. The normalized spacial score (nSPS) is 16.3. The van der Waals surface area contributed by atoms with Crippen LogP contribution in [-0.2, 0) is 21.5 Å². The van der Waals surface area contributed by atoms with Crippen molar-refractivity contribution in [1.82, 2.24) is 14.1 Å². The number of hydrogen-bond donors (Lipinski definition) is 1. The number of amides is 1. The van der Waals surface area contributed by atoms with Crippen molar-refractivity contribution in [2.24, 2.45) is 0 Å². The van der Waals surface area contributed by atoms with Crippen LogP contribution in [0.5, 0.6) is 0 Å². The smallest absolute Gasteiger partial charge is 0.256 e. The predicted molar refractivity (Wildman–Crippen MR) is 126 cm³/mol. The number of hydrogen-bond acceptors (Lipinski definition) is 5. The van der Waals surface area contributed by atoms with Crippen molar-refractivity contribution in [3.8, 4) is 5.69 Å². The molecule has 2 aliphatic rings. The SMILES string of the molecule is Cc1cccc(-n2nc3c(c2NC(=O)c2ccc(S(=O)(=O)N4CCCC4)cc2)CSC3)c1. The van der Waals surface area contributed by atoms with E-state index >= 15 is 0 Å². The number of aryl methyl sites for hydroxylation is 1. The van der Waals surface area contributed by atoms with E-state index in [2.05, 4.69) is 5.32 Å². The lowest BCUT2D eigenvalue weighted by atomic mass is 10.2. The highest BCUT2D eigenvalue weighted by Crippen LogP contribution is 2.36. The molecule has 1 saturated heterocycles. The summed E-state index contributed by atoms with van der Waals surface area (Å²) in [6.45, 7) is 3.12. The third kappa shape index (κ3) is 3.85. The molecule has 5 rings (SSSR count). The van der Waals surface area contributed by atoms with Gasteiger partial charge in [-0.1, -0.05) is 12.1 Å². The van der Waals surface area contributed by atoms with Crippen molar-refractivity contribution in [3.63, 3.8) is 0 Å². The molecule has 1 aromatic heterocycles. The predicted octanol–water partition coefficient (Wildman–Crippen LogP) is 3.96. The van der Waals surface area contributed by atoms with Crippen LogP contribution in [0.2, 0.25) is 0 Å². The van der Waals surface area contributed by atoms with Gasteiger partial charge in [-0.25, -0.2) is 13.1 Å². The van der Waals surface area contributed by atoms with E-state index in [0.717, 1.165) is 46.9 Å². The second-order valence-corrected chi connectivity index (χ2v) is 11.0. The molecule has 1 N–H and O–H groups in total. The Kier molecular flexibility index (Phi) is 5.56. The summed E-state index contributed by atoms with van der Waals surface area (Å²) in [5.41, 5.74) is 4.44. The first-order valence-corrected chi connectivity index (χ1v) is 13.2. The van der Waals surface area contributed by atoms with Gasteiger partial charge in [-0.05, 0) is 61.7 Å². The number of fused-ring (bicyclic) bond motifs is 1. The average molecular weight is 469 g/mol. The summed E-state index contributed by atoms with van der Waals surface area (Å²) in [5.74, 6) is 2.00. The molecule has 3 aromatic rings. The Balaban J connectivity index is 1.42. The molecular formula is C23H24N4O3S2. The topological polar surface area (TPSA) is 84.3 Å². The quantitative estimate of drug-likeness (QED) is 0.613. The molecule has 1 fully saturated rings. The van der Waals surface area contributed by atoms with Crippen LogP contribution >= 0.6 is 11.8 Å². The molecule has 0 spiro atoms. The van der Waals surface area contributed by atoms with Gasteiger partial charge in [0.05, 0.1) is 16.3 Å². The van der Waals surface area contributed by atoms with E-state index in [-0.39, 0.29) is 10.8 Å². The summed E-state index contributed by atoms with van der Waals surface area (Å²) in [4.78, 5) is 13.3. The van der Waals surface area contributed by atoms with Crippen molar-refractivity contribution in [2.75, 3.05) is 18.4 Å². The molecule has 32 heavy (non-hydrogen) atoms. The van der Waals surface area contributed by atoms with Crippen molar-refractivity contribution >= 4 is 33.5 Å². The van der Waals surface area contributed by atoms with Crippen LogP contribution < -0.4 is 5.32 Å². The Labute approximate surface area is 191 Å². The second kappa shape index (κ2) is 8.38. The highest BCUT2D eigenvalue weighted by atomic mass is 32.2. The zero-order valence-electron chi connectivity index (χ0n) is 17.7. The molecule has 3 heterocycles. The van der Waals surface area contributed by atoms with Crippen LogP contribution in [0.3, 0.4) is 0 Å². The van der Waals surface area contributed by atoms with Crippen molar-refractivity contribution in [1.29, 1.82) is 0 Å². The van der Waals surface area contributed by atoms with Crippen LogP contribution in [0, 0.1) is 6.92 Å². The second-order valence-electron chi connectivity index (χ2n) is 8.11. The van der Waals surface area contributed by atoms with Crippen molar-refractivity contribution in [2.45, 2.75) is 36.2 Å². The number of rotatable bonds is 5. The van der Waals surface area contributed by atoms with E-state index in [0.29, 0.717) is 24.5 Å². The summed E-state index contributed by atoms with van der Waals surface area (Å²) in [6.07, 6.45) is 1.77. The number of carbonyl (C=O) groups is 1. The highest BCUT2D eigenvalue weighted by Gasteiger charge is 2.28. The van der Waals surface area contributed by atoms with Gasteiger partial charge in [0.1, 0.15) is 5.82 Å². The molecule has 166 valence electrons. The van der Waals surface area contributed by atoms with E-state index in [1.807, 2.05) is 31.2 Å². The van der Waals surface area contributed by atoms with Crippen LogP contribution in [0.1, 0.15) is 40.0 Å². The Morgan fingerprint density at radius 1 is 1.06 bits per heavy atom. The molecule has 0 aliphatic carbocycles. The van der Waals surface area contributed by atoms with Gasteiger partial charge in [-0.15, -0.1) is 0 Å². The summed E-state index contributed by atoms with van der Waals surface area (Å²) >= 11 is 1.77. The fraction of sp³-hybridized carbons (Fsp3) is 0.304. The van der Waals surface area contributed by atoms with Gasteiger partial charge in [-0.3, -0.25) is 4.79 Å². The maximum absolute atomic E-state index is 13.1. The monoisotopic (exact) mass is 468 g/mol. The van der Waals surface area contributed by atoms with Crippen molar-refractivity contribution < 1.29 is 13.2 Å². The molecule has 0 bridgehead atoms. The lowest BCUT2D eigenvalue weighted by Crippen LogP contribution is -2.27. The molecule has 9 heteroatoms. The molecule has 2 aliphatic heterocycles. The largest absolute Gasteiger partial charge is 0.306 e. The van der Waals surface area contributed by atoms with Gasteiger partial charge < -0.3 is 5.32 Å². The number of thioether (sulfide) groups is 1. The molecule has 0 unspecified atom stereocenters. The number of anilines is 1. The van der Waals surface area contributed by atoms with Gasteiger partial charge in [-0.2, -0.15) is 21.2 Å². The summed E-state index contributed by atoms with van der Waals surface area (Å²) in [7, 11) is -3.50. The highest BCUT2D eigenvalue weighted by molar-refractivity contribution is 7.98. The van der Waals surface area contributed by atoms with Gasteiger partial charge in [0, 0.05) is 35.7 Å². The van der Waals surface area contributed by atoms with E-state index in [9.17, 15) is 13.2 Å². The van der Waals surface area contributed by atoms with E-state index in [1.54, 1.807) is 28.6 Å². The Hall–Kier alpha value is -2.62. The minimum absolute atomic E-state index is 0.220. The van der Waals surface area contributed by atoms with Crippen molar-refractivity contribution in [3.05, 3.63) is 70.9 Å². The molecule has 2 aromatic carbocycles. The Morgan fingerprint density at radius 3 is 2.53 bits per heavy atom. The van der Waals surface area contributed by atoms with E-state index < -0.39 is 10.0 Å². The number of benzene rings is 2. The van der Waals surface area contributed by atoms with Gasteiger partial charge >= 0.3 is 0 Å². The van der Waals surface area contributed by atoms with Gasteiger partial charge in [0.25, 0.3) is 5.91 Å². The first-order valence-electron chi connectivity index (χ1n) is 10.6. The first kappa shape index (κ1) is 21.2. The van der Waals surface area contributed by atoms with Gasteiger partial charge in [0.2, 0.25) is 10.0 Å². The first-order chi connectivity index (χ1) is 15.4. The molecule has 0 saturated carbocycles. The zero-order chi connectivity index (χ0) is 22.3. The number of sulfonamides is 1. The van der Waals surface area contributed by atoms with Crippen LogP contribution in [-0.4, -0.2) is 41.5 Å². The third-order valence-corrected chi connectivity index (χ3v) is 8.73. The van der Waals surface area contributed by atoms with Crippen LogP contribution in [0.15, 0.2) is 53.4 Å². The lowest BCUT2D eigenvalue weighted by molar-refractivity contribution is 0.102. The maximum atomic E-state index is 13.1.